The second kappa shape index (κ2) is 7.45. The summed E-state index contributed by atoms with van der Waals surface area (Å²) in [7, 11) is -3.62. The molecule has 0 saturated carbocycles. The van der Waals surface area contributed by atoms with Gasteiger partial charge in [-0.25, -0.2) is 8.42 Å². The molecule has 0 radical (unpaired) electrons. The van der Waals surface area contributed by atoms with E-state index in [1.807, 2.05) is 43.3 Å². The van der Waals surface area contributed by atoms with Crippen LogP contribution in [0.1, 0.15) is 25.0 Å². The Morgan fingerprint density at radius 1 is 1.11 bits per heavy atom. The van der Waals surface area contributed by atoms with Crippen LogP contribution in [0.3, 0.4) is 0 Å². The van der Waals surface area contributed by atoms with Gasteiger partial charge in [0.2, 0.25) is 10.0 Å². The Bertz CT molecular complexity index is 964. The van der Waals surface area contributed by atoms with Gasteiger partial charge in [0.1, 0.15) is 0 Å². The van der Waals surface area contributed by atoms with Crippen molar-refractivity contribution in [1.82, 2.24) is 4.31 Å². The minimum atomic E-state index is -3.62. The van der Waals surface area contributed by atoms with E-state index in [0.29, 0.717) is 0 Å². The zero-order chi connectivity index (χ0) is 19.7. The van der Waals surface area contributed by atoms with Crippen molar-refractivity contribution in [3.05, 3.63) is 77.0 Å². The van der Waals surface area contributed by atoms with E-state index in [1.54, 1.807) is 38.1 Å². The van der Waals surface area contributed by atoms with Crippen molar-refractivity contribution in [2.24, 2.45) is 5.92 Å². The second-order valence-electron chi connectivity index (χ2n) is 7.54. The first-order valence-corrected chi connectivity index (χ1v) is 10.4. The summed E-state index contributed by atoms with van der Waals surface area (Å²) in [6.07, 6.45) is 1.84. The Kier molecular flexibility index (Phi) is 5.41. The van der Waals surface area contributed by atoms with Crippen molar-refractivity contribution >= 4 is 16.1 Å². The van der Waals surface area contributed by atoms with Gasteiger partial charge in [0.05, 0.1) is 10.5 Å². The van der Waals surface area contributed by atoms with Gasteiger partial charge in [0, 0.05) is 19.0 Å². The normalized spacial score (nSPS) is 18.4. The Morgan fingerprint density at radius 3 is 2.33 bits per heavy atom. The van der Waals surface area contributed by atoms with Crippen molar-refractivity contribution in [3.63, 3.8) is 0 Å². The molecule has 1 N–H and O–H groups in total. The van der Waals surface area contributed by atoms with Crippen molar-refractivity contribution in [2.75, 3.05) is 13.1 Å². The zero-order valence-corrected chi connectivity index (χ0v) is 16.7. The molecule has 0 amide bonds. The number of rotatable bonds is 4. The molecule has 3 rings (SSSR count). The zero-order valence-electron chi connectivity index (χ0n) is 15.9. The molecule has 5 heteroatoms. The van der Waals surface area contributed by atoms with E-state index in [1.165, 1.54) is 4.31 Å². The van der Waals surface area contributed by atoms with Crippen LogP contribution in [0.15, 0.2) is 70.8 Å². The molecule has 1 aliphatic rings. The number of benzene rings is 2. The van der Waals surface area contributed by atoms with Crippen LogP contribution in [-0.4, -0.2) is 36.5 Å². The predicted octanol–water partition coefficient (Wildman–Crippen LogP) is 3.63. The summed E-state index contributed by atoms with van der Waals surface area (Å²) >= 11 is 0. The second-order valence-corrected chi connectivity index (χ2v) is 9.48. The highest BCUT2D eigenvalue weighted by Crippen LogP contribution is 2.34. The van der Waals surface area contributed by atoms with Crippen molar-refractivity contribution in [1.29, 1.82) is 0 Å². The number of aryl methyl sites for hydroxylation is 1. The first-order chi connectivity index (χ1) is 12.7. The van der Waals surface area contributed by atoms with Crippen LogP contribution in [0.2, 0.25) is 0 Å². The number of nitrogens with zero attached hydrogens (tertiary/aromatic N) is 1. The Hall–Kier alpha value is -2.17. The molecule has 0 bridgehead atoms. The van der Waals surface area contributed by atoms with Gasteiger partial charge in [0.25, 0.3) is 0 Å². The van der Waals surface area contributed by atoms with E-state index in [0.717, 1.165) is 16.7 Å². The Morgan fingerprint density at radius 2 is 1.74 bits per heavy atom. The third-order valence-corrected chi connectivity index (χ3v) is 6.71. The molecule has 1 atom stereocenters. The van der Waals surface area contributed by atoms with Crippen molar-refractivity contribution in [3.8, 4) is 0 Å². The summed E-state index contributed by atoms with van der Waals surface area (Å²) in [5.74, 6) is -0.308. The van der Waals surface area contributed by atoms with Crippen LogP contribution in [0.4, 0.5) is 0 Å². The van der Waals surface area contributed by atoms with E-state index in [4.69, 9.17) is 0 Å². The topological polar surface area (TPSA) is 57.6 Å². The van der Waals surface area contributed by atoms with Gasteiger partial charge in [-0.2, -0.15) is 4.31 Å². The van der Waals surface area contributed by atoms with Crippen LogP contribution in [-0.2, 0) is 10.0 Å². The monoisotopic (exact) mass is 383 g/mol. The fourth-order valence-electron chi connectivity index (χ4n) is 3.24. The van der Waals surface area contributed by atoms with Gasteiger partial charge < -0.3 is 5.11 Å². The number of hydrogen-bond donors (Lipinski definition) is 1. The van der Waals surface area contributed by atoms with E-state index >= 15 is 0 Å². The highest BCUT2D eigenvalue weighted by Gasteiger charge is 2.42. The molecule has 1 unspecified atom stereocenters. The smallest absolute Gasteiger partial charge is 0.243 e. The standard InChI is InChI=1S/C22H25NO3S/c1-17-9-13-20(14-10-17)27(25,26)23-15-19(21(16-23)22(2,3)24)12-11-18-7-5-4-6-8-18/h4-11,13-14,21,24H,15-16H2,1-3H3. The number of hydrogen-bond acceptors (Lipinski definition) is 3. The van der Waals surface area contributed by atoms with E-state index in [2.05, 4.69) is 5.73 Å². The third kappa shape index (κ3) is 4.40. The summed E-state index contributed by atoms with van der Waals surface area (Å²) in [6, 6.07) is 16.6. The molecule has 142 valence electrons. The summed E-state index contributed by atoms with van der Waals surface area (Å²) in [5.41, 5.74) is 4.99. The van der Waals surface area contributed by atoms with Gasteiger partial charge in [-0.1, -0.05) is 48.0 Å². The molecule has 0 spiro atoms. The summed E-state index contributed by atoms with van der Waals surface area (Å²) in [5, 5.41) is 10.6. The molecule has 27 heavy (non-hydrogen) atoms. The summed E-state index contributed by atoms with van der Waals surface area (Å²) in [6.45, 7) is 5.82. The lowest BCUT2D eigenvalue weighted by atomic mass is 9.87. The molecule has 0 aliphatic carbocycles. The first-order valence-electron chi connectivity index (χ1n) is 8.97. The highest BCUT2D eigenvalue weighted by molar-refractivity contribution is 7.89. The lowest BCUT2D eigenvalue weighted by Crippen LogP contribution is -2.35. The van der Waals surface area contributed by atoms with Crippen LogP contribution >= 0.6 is 0 Å². The maximum absolute atomic E-state index is 13.0. The minimum absolute atomic E-state index is 0.230. The molecule has 1 aliphatic heterocycles. The van der Waals surface area contributed by atoms with E-state index in [9.17, 15) is 13.5 Å². The number of aliphatic hydroxyl groups is 1. The summed E-state index contributed by atoms with van der Waals surface area (Å²) < 4.78 is 27.5. The molecule has 2 aromatic carbocycles. The fraction of sp³-hybridized carbons (Fsp3) is 0.318. The predicted molar refractivity (Wildman–Crippen MR) is 108 cm³/mol. The molecular weight excluding hydrogens is 358 g/mol. The molecule has 1 heterocycles. The molecule has 2 aromatic rings. The van der Waals surface area contributed by atoms with Crippen LogP contribution < -0.4 is 0 Å². The Labute approximate surface area is 161 Å². The minimum Gasteiger partial charge on any atom is -0.390 e. The van der Waals surface area contributed by atoms with E-state index < -0.39 is 15.6 Å². The van der Waals surface area contributed by atoms with Crippen LogP contribution in [0.5, 0.6) is 0 Å². The maximum Gasteiger partial charge on any atom is 0.243 e. The lowest BCUT2D eigenvalue weighted by Gasteiger charge is -2.25. The average molecular weight is 384 g/mol. The largest absolute Gasteiger partial charge is 0.390 e. The molecule has 1 saturated heterocycles. The first kappa shape index (κ1) is 19.6. The molecule has 4 nitrogen and oxygen atoms in total. The van der Waals surface area contributed by atoms with Gasteiger partial charge >= 0.3 is 0 Å². The van der Waals surface area contributed by atoms with Crippen LogP contribution in [0, 0.1) is 12.8 Å². The van der Waals surface area contributed by atoms with E-state index in [-0.39, 0.29) is 23.9 Å². The summed E-state index contributed by atoms with van der Waals surface area (Å²) in [4.78, 5) is 0.274. The van der Waals surface area contributed by atoms with Crippen molar-refractivity contribution < 1.29 is 13.5 Å². The van der Waals surface area contributed by atoms with Gasteiger partial charge in [0.15, 0.2) is 0 Å². The van der Waals surface area contributed by atoms with Gasteiger partial charge in [-0.15, -0.1) is 5.73 Å². The highest BCUT2D eigenvalue weighted by atomic mass is 32.2. The fourth-order valence-corrected chi connectivity index (χ4v) is 4.67. The molecular formula is C22H25NO3S. The van der Waals surface area contributed by atoms with Crippen molar-refractivity contribution in [2.45, 2.75) is 31.3 Å². The van der Waals surface area contributed by atoms with Crippen LogP contribution in [0.25, 0.3) is 6.08 Å². The molecule has 1 fully saturated rings. The third-order valence-electron chi connectivity index (χ3n) is 4.89. The quantitative estimate of drug-likeness (QED) is 0.821. The Balaban J connectivity index is 1.96. The lowest BCUT2D eigenvalue weighted by molar-refractivity contribution is 0.0367. The SMILES string of the molecule is Cc1ccc(S(=O)(=O)N2CC(=C=Cc3ccccc3)C(C(C)(C)O)C2)cc1. The molecule has 0 aromatic heterocycles. The van der Waals surface area contributed by atoms with Gasteiger partial charge in [-0.3, -0.25) is 0 Å². The average Bonchev–Trinajstić information content (AvgIpc) is 3.07. The maximum atomic E-state index is 13.0. The van der Waals surface area contributed by atoms with Gasteiger partial charge in [-0.05, 0) is 50.1 Å². The number of sulfonamides is 1.